The van der Waals surface area contributed by atoms with Crippen LogP contribution in [0.15, 0.2) is 42.6 Å². The fourth-order valence-corrected chi connectivity index (χ4v) is 2.74. The third-order valence-corrected chi connectivity index (χ3v) is 3.96. The van der Waals surface area contributed by atoms with Gasteiger partial charge >= 0.3 is 6.03 Å². The second-order valence-corrected chi connectivity index (χ2v) is 5.55. The second kappa shape index (κ2) is 6.99. The smallest absolute Gasteiger partial charge is 0.318 e. The van der Waals surface area contributed by atoms with Gasteiger partial charge in [0.15, 0.2) is 5.78 Å². The topological polar surface area (TPSA) is 104 Å². The lowest BCUT2D eigenvalue weighted by Crippen LogP contribution is -2.44. The Morgan fingerprint density at radius 1 is 1.33 bits per heavy atom. The van der Waals surface area contributed by atoms with Crippen LogP contribution in [0.2, 0.25) is 0 Å². The predicted octanol–water partition coefficient (Wildman–Crippen LogP) is 1.19. The quantitative estimate of drug-likeness (QED) is 0.734. The van der Waals surface area contributed by atoms with E-state index in [-0.39, 0.29) is 18.4 Å². The summed E-state index contributed by atoms with van der Waals surface area (Å²) in [6.45, 7) is 0.978. The van der Waals surface area contributed by atoms with E-state index in [0.29, 0.717) is 19.5 Å². The van der Waals surface area contributed by atoms with Crippen LogP contribution in [-0.4, -0.2) is 40.0 Å². The minimum atomic E-state index is -0.264. The number of hydrogen-bond acceptors (Lipinski definition) is 4. The molecule has 1 aromatic carbocycles. The van der Waals surface area contributed by atoms with E-state index in [9.17, 15) is 9.59 Å². The number of benzene rings is 1. The lowest BCUT2D eigenvalue weighted by atomic mass is 10.0. The molecule has 4 N–H and O–H groups in total. The highest BCUT2D eigenvalue weighted by Gasteiger charge is 2.25. The first-order chi connectivity index (χ1) is 11.7. The summed E-state index contributed by atoms with van der Waals surface area (Å²) in [5.74, 6) is -0.239. The van der Waals surface area contributed by atoms with Crippen molar-refractivity contribution < 1.29 is 9.59 Å². The number of aromatic nitrogens is 2. The number of ketones is 1. The molecule has 1 aliphatic heterocycles. The Kier molecular flexibility index (Phi) is 4.60. The number of nitrogens with zero attached hydrogens (tertiary/aromatic N) is 2. The van der Waals surface area contributed by atoms with Crippen LogP contribution < -0.4 is 11.1 Å². The van der Waals surface area contributed by atoms with Crippen molar-refractivity contribution >= 4 is 11.8 Å². The average molecular weight is 325 g/mol. The molecule has 0 spiro atoms. The summed E-state index contributed by atoms with van der Waals surface area (Å²) in [6.07, 6.45) is 3.11. The zero-order chi connectivity index (χ0) is 16.9. The van der Waals surface area contributed by atoms with Gasteiger partial charge in [0.25, 0.3) is 0 Å². The number of urea groups is 1. The maximum atomic E-state index is 12.3. The molecule has 2 aromatic rings. The van der Waals surface area contributed by atoms with Crippen molar-refractivity contribution in [2.75, 3.05) is 13.1 Å². The van der Waals surface area contributed by atoms with Crippen molar-refractivity contribution in [1.29, 1.82) is 0 Å². The van der Waals surface area contributed by atoms with Crippen LogP contribution in [0.5, 0.6) is 0 Å². The summed E-state index contributed by atoms with van der Waals surface area (Å²) in [4.78, 5) is 25.4. The molecule has 1 aromatic heterocycles. The van der Waals surface area contributed by atoms with Crippen LogP contribution in [0.4, 0.5) is 4.79 Å². The number of amides is 2. The molecule has 1 aliphatic rings. The van der Waals surface area contributed by atoms with E-state index in [1.165, 1.54) is 12.3 Å². The van der Waals surface area contributed by atoms with Gasteiger partial charge in [0.1, 0.15) is 0 Å². The van der Waals surface area contributed by atoms with Gasteiger partial charge in [-0.15, -0.1) is 0 Å². The van der Waals surface area contributed by atoms with Crippen molar-refractivity contribution in [1.82, 2.24) is 20.4 Å². The van der Waals surface area contributed by atoms with Gasteiger partial charge in [0.2, 0.25) is 0 Å². The van der Waals surface area contributed by atoms with Gasteiger partial charge in [0, 0.05) is 29.8 Å². The van der Waals surface area contributed by atoms with Gasteiger partial charge in [-0.3, -0.25) is 9.89 Å². The first-order valence-electron chi connectivity index (χ1n) is 7.74. The van der Waals surface area contributed by atoms with Crippen molar-refractivity contribution in [2.24, 2.45) is 5.73 Å². The Morgan fingerprint density at radius 2 is 2.12 bits per heavy atom. The molecule has 0 fully saturated rings. The highest BCUT2D eigenvalue weighted by atomic mass is 16.2. The first kappa shape index (κ1) is 15.8. The highest BCUT2D eigenvalue weighted by Crippen LogP contribution is 2.28. The van der Waals surface area contributed by atoms with E-state index in [1.807, 2.05) is 30.3 Å². The Hall–Kier alpha value is -3.09. The lowest BCUT2D eigenvalue weighted by molar-refractivity contribution is -0.113. The van der Waals surface area contributed by atoms with Gasteiger partial charge < -0.3 is 16.0 Å². The average Bonchev–Trinajstić information content (AvgIpc) is 3.04. The van der Waals surface area contributed by atoms with Crippen molar-refractivity contribution in [2.45, 2.75) is 13.0 Å². The Labute approximate surface area is 139 Å². The molecule has 3 rings (SSSR count). The minimum Gasteiger partial charge on any atom is -0.404 e. The first-order valence-corrected chi connectivity index (χ1v) is 7.74. The number of carbonyl (C=O) groups excluding carboxylic acids is 2. The molecule has 0 radical (unpaired) electrons. The number of carbonyl (C=O) groups is 2. The van der Waals surface area contributed by atoms with E-state index >= 15 is 0 Å². The summed E-state index contributed by atoms with van der Waals surface area (Å²) in [7, 11) is 0. The zero-order valence-corrected chi connectivity index (χ0v) is 13.2. The van der Waals surface area contributed by atoms with Crippen LogP contribution in [0.3, 0.4) is 0 Å². The molecule has 0 saturated carbocycles. The molecule has 124 valence electrons. The number of nitrogens with one attached hydrogen (secondary N) is 2. The normalized spacial score (nSPS) is 13.8. The van der Waals surface area contributed by atoms with E-state index in [4.69, 9.17) is 5.73 Å². The minimum absolute atomic E-state index is 0.0627. The van der Waals surface area contributed by atoms with Crippen LogP contribution >= 0.6 is 0 Å². The van der Waals surface area contributed by atoms with Crippen molar-refractivity contribution in [3.63, 3.8) is 0 Å². The molecule has 0 aliphatic carbocycles. The van der Waals surface area contributed by atoms with Gasteiger partial charge in [-0.1, -0.05) is 30.3 Å². The van der Waals surface area contributed by atoms with Gasteiger partial charge in [-0.25, -0.2) is 4.79 Å². The summed E-state index contributed by atoms with van der Waals surface area (Å²) in [6, 6.07) is 9.59. The Balaban J connectivity index is 1.71. The zero-order valence-electron chi connectivity index (χ0n) is 13.2. The fourth-order valence-electron chi connectivity index (χ4n) is 2.74. The molecule has 0 atom stereocenters. The van der Waals surface area contributed by atoms with E-state index in [0.717, 1.165) is 22.5 Å². The number of H-pyrrole nitrogens is 1. The maximum Gasteiger partial charge on any atom is 0.318 e. The van der Waals surface area contributed by atoms with Crippen LogP contribution in [0.25, 0.3) is 11.3 Å². The highest BCUT2D eigenvalue weighted by molar-refractivity contribution is 5.93. The molecule has 0 unspecified atom stereocenters. The summed E-state index contributed by atoms with van der Waals surface area (Å²) in [5.41, 5.74) is 9.12. The largest absolute Gasteiger partial charge is 0.404 e. The van der Waals surface area contributed by atoms with E-state index < -0.39 is 0 Å². The molecular formula is C17H19N5O2. The van der Waals surface area contributed by atoms with Crippen molar-refractivity contribution in [3.8, 4) is 11.3 Å². The predicted molar refractivity (Wildman–Crippen MR) is 89.9 cm³/mol. The van der Waals surface area contributed by atoms with Crippen molar-refractivity contribution in [3.05, 3.63) is 53.9 Å². The number of fused-ring (bicyclic) bond motifs is 1. The summed E-state index contributed by atoms with van der Waals surface area (Å²) < 4.78 is 0. The number of aromatic amines is 1. The van der Waals surface area contributed by atoms with Crippen LogP contribution in [0.1, 0.15) is 11.3 Å². The standard InChI is InChI=1S/C17H19N5O2/c18-8-6-13(23)10-19-17(24)22-9-7-15-14(11-22)16(21-20-15)12-4-2-1-3-5-12/h1-6,8H,7,9-11,18H2,(H,19,24)(H,20,21)/b8-6-. The molecule has 2 amide bonds. The Bertz CT molecular complexity index is 767. The van der Waals surface area contributed by atoms with Gasteiger partial charge in [-0.05, 0) is 12.3 Å². The lowest BCUT2D eigenvalue weighted by Gasteiger charge is -2.27. The maximum absolute atomic E-state index is 12.3. The number of hydrogen-bond donors (Lipinski definition) is 3. The summed E-state index contributed by atoms with van der Waals surface area (Å²) >= 11 is 0. The molecule has 24 heavy (non-hydrogen) atoms. The summed E-state index contributed by atoms with van der Waals surface area (Å²) in [5, 5.41) is 10.1. The van der Waals surface area contributed by atoms with E-state index in [2.05, 4.69) is 15.5 Å². The molecular weight excluding hydrogens is 306 g/mol. The van der Waals surface area contributed by atoms with Gasteiger partial charge in [-0.2, -0.15) is 5.10 Å². The third-order valence-electron chi connectivity index (χ3n) is 3.96. The number of rotatable bonds is 4. The van der Waals surface area contributed by atoms with E-state index in [1.54, 1.807) is 4.90 Å². The monoisotopic (exact) mass is 325 g/mol. The third kappa shape index (κ3) is 3.29. The van der Waals surface area contributed by atoms with Crippen LogP contribution in [-0.2, 0) is 17.8 Å². The van der Waals surface area contributed by atoms with Gasteiger partial charge in [0.05, 0.1) is 18.8 Å². The molecule has 0 bridgehead atoms. The molecule has 7 nitrogen and oxygen atoms in total. The Morgan fingerprint density at radius 3 is 2.88 bits per heavy atom. The van der Waals surface area contributed by atoms with Crippen LogP contribution in [0, 0.1) is 0 Å². The number of nitrogens with two attached hydrogens (primary N) is 1. The SMILES string of the molecule is N/C=C\C(=O)CNC(=O)N1CCc2[nH]nc(-c3ccccc3)c2C1. The molecule has 0 saturated heterocycles. The second-order valence-electron chi connectivity index (χ2n) is 5.55. The molecule has 2 heterocycles. The molecule has 7 heteroatoms. The fraction of sp³-hybridized carbons (Fsp3) is 0.235.